The van der Waals surface area contributed by atoms with Crippen LogP contribution in [0.1, 0.15) is 51.0 Å². The first kappa shape index (κ1) is 21.1. The fourth-order valence-electron chi connectivity index (χ4n) is 5.66. The van der Waals surface area contributed by atoms with Crippen LogP contribution in [0.2, 0.25) is 0 Å². The van der Waals surface area contributed by atoms with Crippen LogP contribution >= 0.6 is 0 Å². The van der Waals surface area contributed by atoms with Gasteiger partial charge in [-0.2, -0.15) is 5.10 Å². The van der Waals surface area contributed by atoms with Gasteiger partial charge in [0.05, 0.1) is 35.2 Å². The van der Waals surface area contributed by atoms with Gasteiger partial charge in [-0.15, -0.1) is 0 Å². The average molecular weight is 446 g/mol. The molecule has 3 heterocycles. The molecule has 0 radical (unpaired) electrons. The Balaban J connectivity index is 1.14. The van der Waals surface area contributed by atoms with Crippen molar-refractivity contribution in [1.82, 2.24) is 24.6 Å². The van der Waals surface area contributed by atoms with Crippen molar-refractivity contribution in [3.63, 3.8) is 0 Å². The van der Waals surface area contributed by atoms with E-state index in [1.165, 1.54) is 57.3 Å². The highest BCUT2D eigenvalue weighted by Crippen LogP contribution is 2.40. The van der Waals surface area contributed by atoms with Gasteiger partial charge in [0, 0.05) is 49.7 Å². The first-order valence-electron chi connectivity index (χ1n) is 12.8. The standard InChI is InChI=1S/C26H35N7/c27-8-2-3-19-13-23(14-19)33-18-20(16-29-33)26-17-28-24-7-6-22(15-25(24)30-26)32-11-9-31(10-12-32)21-4-1-5-21/h6-7,15-19,21,23H,1-5,8-14,27H2. The molecule has 6 rings (SSSR count). The van der Waals surface area contributed by atoms with Crippen LogP contribution in [0.3, 0.4) is 0 Å². The van der Waals surface area contributed by atoms with Gasteiger partial charge in [0.25, 0.3) is 0 Å². The number of piperazine rings is 1. The minimum absolute atomic E-state index is 0.514. The van der Waals surface area contributed by atoms with E-state index in [0.29, 0.717) is 6.04 Å². The zero-order valence-corrected chi connectivity index (χ0v) is 19.4. The van der Waals surface area contributed by atoms with Crippen molar-refractivity contribution >= 4 is 16.7 Å². The molecular weight excluding hydrogens is 410 g/mol. The molecule has 1 aliphatic heterocycles. The van der Waals surface area contributed by atoms with Gasteiger partial charge in [-0.3, -0.25) is 14.6 Å². The molecular formula is C26H35N7. The number of rotatable bonds is 7. The molecule has 3 fully saturated rings. The first-order valence-corrected chi connectivity index (χ1v) is 12.8. The van der Waals surface area contributed by atoms with E-state index in [1.54, 1.807) is 0 Å². The van der Waals surface area contributed by atoms with Gasteiger partial charge in [0.1, 0.15) is 0 Å². The van der Waals surface area contributed by atoms with Crippen molar-refractivity contribution < 1.29 is 0 Å². The maximum atomic E-state index is 5.65. The Bertz CT molecular complexity index is 1090. The summed E-state index contributed by atoms with van der Waals surface area (Å²) in [7, 11) is 0. The predicted octanol–water partition coefficient (Wildman–Crippen LogP) is 3.86. The number of hydrogen-bond acceptors (Lipinski definition) is 6. The van der Waals surface area contributed by atoms with E-state index in [0.717, 1.165) is 60.3 Å². The Kier molecular flexibility index (Phi) is 5.76. The topological polar surface area (TPSA) is 76.1 Å². The zero-order valence-electron chi connectivity index (χ0n) is 19.4. The van der Waals surface area contributed by atoms with E-state index in [-0.39, 0.29) is 0 Å². The molecule has 7 heteroatoms. The van der Waals surface area contributed by atoms with Gasteiger partial charge in [-0.25, -0.2) is 4.98 Å². The molecule has 0 bridgehead atoms. The van der Waals surface area contributed by atoms with Crippen molar-refractivity contribution in [1.29, 1.82) is 0 Å². The van der Waals surface area contributed by atoms with Crippen molar-refractivity contribution in [3.8, 4) is 11.3 Å². The maximum Gasteiger partial charge on any atom is 0.0924 e. The van der Waals surface area contributed by atoms with Crippen molar-refractivity contribution in [2.24, 2.45) is 11.7 Å². The van der Waals surface area contributed by atoms with Crippen LogP contribution in [0.25, 0.3) is 22.3 Å². The predicted molar refractivity (Wildman–Crippen MR) is 132 cm³/mol. The highest BCUT2D eigenvalue weighted by atomic mass is 15.3. The lowest BCUT2D eigenvalue weighted by Crippen LogP contribution is -2.52. The molecule has 2 N–H and O–H groups in total. The number of anilines is 1. The second kappa shape index (κ2) is 9.03. The smallest absolute Gasteiger partial charge is 0.0924 e. The minimum atomic E-state index is 0.514. The monoisotopic (exact) mass is 445 g/mol. The molecule has 1 aromatic carbocycles. The molecule has 2 aliphatic carbocycles. The van der Waals surface area contributed by atoms with Crippen LogP contribution in [0, 0.1) is 5.92 Å². The van der Waals surface area contributed by atoms with Gasteiger partial charge in [-0.05, 0) is 69.2 Å². The largest absolute Gasteiger partial charge is 0.369 e. The highest BCUT2D eigenvalue weighted by Gasteiger charge is 2.30. The summed E-state index contributed by atoms with van der Waals surface area (Å²) in [5.74, 6) is 0.806. The molecule has 33 heavy (non-hydrogen) atoms. The van der Waals surface area contributed by atoms with Crippen LogP contribution in [0.15, 0.2) is 36.8 Å². The summed E-state index contributed by atoms with van der Waals surface area (Å²) in [6.07, 6.45) is 14.9. The lowest BCUT2D eigenvalue weighted by Gasteiger charge is -2.43. The van der Waals surface area contributed by atoms with Crippen LogP contribution in [0.5, 0.6) is 0 Å². The quantitative estimate of drug-likeness (QED) is 0.595. The second-order valence-corrected chi connectivity index (χ2v) is 10.2. The second-order valence-electron chi connectivity index (χ2n) is 10.2. The number of benzene rings is 1. The maximum absolute atomic E-state index is 5.65. The average Bonchev–Trinajstić information content (AvgIpc) is 3.26. The third kappa shape index (κ3) is 4.24. The molecule has 2 saturated carbocycles. The van der Waals surface area contributed by atoms with E-state index in [4.69, 9.17) is 15.7 Å². The SMILES string of the molecule is NCCCC1CC(n2cc(-c3cnc4ccc(N5CCN(C6CCC6)CC5)cc4n3)cn2)C1. The molecule has 1 saturated heterocycles. The number of nitrogens with two attached hydrogens (primary N) is 1. The first-order chi connectivity index (χ1) is 16.3. The summed E-state index contributed by atoms with van der Waals surface area (Å²) in [5, 5.41) is 4.64. The third-order valence-corrected chi connectivity index (χ3v) is 8.10. The van der Waals surface area contributed by atoms with Crippen molar-refractivity contribution in [3.05, 3.63) is 36.8 Å². The summed E-state index contributed by atoms with van der Waals surface area (Å²) in [6, 6.07) is 7.88. The van der Waals surface area contributed by atoms with E-state index < -0.39 is 0 Å². The van der Waals surface area contributed by atoms with Gasteiger partial charge in [0.2, 0.25) is 0 Å². The lowest BCUT2D eigenvalue weighted by atomic mass is 9.77. The summed E-state index contributed by atoms with van der Waals surface area (Å²) in [5.41, 5.74) is 10.8. The summed E-state index contributed by atoms with van der Waals surface area (Å²) >= 11 is 0. The molecule has 0 unspecified atom stereocenters. The molecule has 3 aliphatic rings. The Morgan fingerprint density at radius 3 is 2.58 bits per heavy atom. The van der Waals surface area contributed by atoms with E-state index in [1.807, 2.05) is 12.4 Å². The fraction of sp³-hybridized carbons (Fsp3) is 0.577. The zero-order chi connectivity index (χ0) is 22.2. The minimum Gasteiger partial charge on any atom is -0.369 e. The summed E-state index contributed by atoms with van der Waals surface area (Å²) in [6.45, 7) is 5.32. The number of hydrogen-bond donors (Lipinski definition) is 1. The van der Waals surface area contributed by atoms with Crippen molar-refractivity contribution in [2.45, 2.75) is 57.0 Å². The van der Waals surface area contributed by atoms with Crippen molar-refractivity contribution in [2.75, 3.05) is 37.6 Å². The van der Waals surface area contributed by atoms with Gasteiger partial charge in [-0.1, -0.05) is 6.42 Å². The van der Waals surface area contributed by atoms with Crippen LogP contribution in [0.4, 0.5) is 5.69 Å². The molecule has 0 spiro atoms. The lowest BCUT2D eigenvalue weighted by molar-refractivity contribution is 0.120. The molecule has 0 amide bonds. The van der Waals surface area contributed by atoms with Crippen LogP contribution in [-0.4, -0.2) is 63.4 Å². The molecule has 7 nitrogen and oxygen atoms in total. The Morgan fingerprint density at radius 1 is 0.970 bits per heavy atom. The normalized spacial score (nSPS) is 24.1. The van der Waals surface area contributed by atoms with E-state index in [2.05, 4.69) is 44.0 Å². The van der Waals surface area contributed by atoms with Crippen LogP contribution in [-0.2, 0) is 0 Å². The van der Waals surface area contributed by atoms with Gasteiger partial charge >= 0.3 is 0 Å². The molecule has 2 aromatic heterocycles. The van der Waals surface area contributed by atoms with E-state index in [9.17, 15) is 0 Å². The van der Waals surface area contributed by atoms with E-state index >= 15 is 0 Å². The Hall–Kier alpha value is -2.51. The number of aromatic nitrogens is 4. The van der Waals surface area contributed by atoms with Gasteiger partial charge < -0.3 is 10.6 Å². The summed E-state index contributed by atoms with van der Waals surface area (Å²) in [4.78, 5) is 14.8. The number of fused-ring (bicyclic) bond motifs is 1. The molecule has 0 atom stereocenters. The number of nitrogens with zero attached hydrogens (tertiary/aromatic N) is 6. The Morgan fingerprint density at radius 2 is 1.82 bits per heavy atom. The Labute approximate surface area is 196 Å². The highest BCUT2D eigenvalue weighted by molar-refractivity contribution is 5.81. The van der Waals surface area contributed by atoms with Crippen LogP contribution < -0.4 is 10.6 Å². The molecule has 3 aromatic rings. The fourth-order valence-corrected chi connectivity index (χ4v) is 5.66. The third-order valence-electron chi connectivity index (χ3n) is 8.10. The van der Waals surface area contributed by atoms with Gasteiger partial charge in [0.15, 0.2) is 0 Å². The summed E-state index contributed by atoms with van der Waals surface area (Å²) < 4.78 is 2.12. The molecule has 174 valence electrons.